The van der Waals surface area contributed by atoms with E-state index in [0.29, 0.717) is 24.6 Å². The average molecular weight is 417 g/mol. The van der Waals surface area contributed by atoms with Gasteiger partial charge in [0.2, 0.25) is 0 Å². The minimum atomic E-state index is -0.604. The van der Waals surface area contributed by atoms with Crippen LogP contribution >= 0.6 is 0 Å². The molecule has 0 aliphatic rings. The monoisotopic (exact) mass is 416 g/mol. The van der Waals surface area contributed by atoms with E-state index < -0.39 is 6.10 Å². The van der Waals surface area contributed by atoms with E-state index in [2.05, 4.69) is 22.3 Å². The van der Waals surface area contributed by atoms with Crippen molar-refractivity contribution in [1.82, 2.24) is 10.2 Å². The van der Waals surface area contributed by atoms with E-state index in [4.69, 9.17) is 14.2 Å². The molecule has 0 spiro atoms. The van der Waals surface area contributed by atoms with Crippen LogP contribution in [0.3, 0.4) is 0 Å². The fourth-order valence-corrected chi connectivity index (χ4v) is 3.08. The SMILES string of the molecule is COc1ccc(CNCC(C)(C)OC)cc1OC[C@H](O)CN(C)Cc1ccccc1. The molecule has 2 aromatic carbocycles. The second-order valence-electron chi connectivity index (χ2n) is 8.20. The molecule has 1 atom stereocenters. The molecule has 0 aliphatic heterocycles. The Bertz CT molecular complexity index is 752. The van der Waals surface area contributed by atoms with Gasteiger partial charge in [0.05, 0.1) is 12.7 Å². The summed E-state index contributed by atoms with van der Waals surface area (Å²) in [5, 5.41) is 13.8. The third-order valence-electron chi connectivity index (χ3n) is 4.91. The number of aliphatic hydroxyl groups excluding tert-OH is 1. The Balaban J connectivity index is 1.86. The Morgan fingerprint density at radius 1 is 1.03 bits per heavy atom. The highest BCUT2D eigenvalue weighted by Crippen LogP contribution is 2.28. The van der Waals surface area contributed by atoms with E-state index in [0.717, 1.165) is 18.7 Å². The summed E-state index contributed by atoms with van der Waals surface area (Å²) >= 11 is 0. The number of hydrogen-bond donors (Lipinski definition) is 2. The normalized spacial score (nSPS) is 12.8. The quantitative estimate of drug-likeness (QED) is 0.523. The number of hydrogen-bond acceptors (Lipinski definition) is 6. The molecular formula is C24H36N2O4. The van der Waals surface area contributed by atoms with E-state index in [1.54, 1.807) is 14.2 Å². The number of nitrogens with one attached hydrogen (secondary N) is 1. The van der Waals surface area contributed by atoms with Crippen molar-refractivity contribution in [2.24, 2.45) is 0 Å². The molecule has 0 radical (unpaired) electrons. The fraction of sp³-hybridized carbons (Fsp3) is 0.500. The predicted octanol–water partition coefficient (Wildman–Crippen LogP) is 3.08. The molecule has 0 amide bonds. The van der Waals surface area contributed by atoms with Crippen LogP contribution in [0.15, 0.2) is 48.5 Å². The Morgan fingerprint density at radius 3 is 2.43 bits per heavy atom. The zero-order valence-electron chi connectivity index (χ0n) is 18.9. The van der Waals surface area contributed by atoms with Crippen LogP contribution in [-0.2, 0) is 17.8 Å². The van der Waals surface area contributed by atoms with Crippen molar-refractivity contribution < 1.29 is 19.3 Å². The van der Waals surface area contributed by atoms with E-state index in [9.17, 15) is 5.11 Å². The number of ether oxygens (including phenoxy) is 3. The Kier molecular flexibility index (Phi) is 9.59. The fourth-order valence-electron chi connectivity index (χ4n) is 3.08. The molecule has 6 heteroatoms. The van der Waals surface area contributed by atoms with Crippen molar-refractivity contribution in [3.8, 4) is 11.5 Å². The second-order valence-corrected chi connectivity index (χ2v) is 8.20. The van der Waals surface area contributed by atoms with Gasteiger partial charge >= 0.3 is 0 Å². The summed E-state index contributed by atoms with van der Waals surface area (Å²) in [4.78, 5) is 2.08. The van der Waals surface area contributed by atoms with E-state index in [1.165, 1.54) is 5.56 Å². The van der Waals surface area contributed by atoms with Gasteiger partial charge < -0.3 is 24.6 Å². The van der Waals surface area contributed by atoms with Crippen molar-refractivity contribution in [3.63, 3.8) is 0 Å². The second kappa shape index (κ2) is 11.9. The number of rotatable bonds is 13. The first-order valence-corrected chi connectivity index (χ1v) is 10.3. The van der Waals surface area contributed by atoms with Crippen molar-refractivity contribution in [1.29, 1.82) is 0 Å². The molecule has 0 saturated carbocycles. The van der Waals surface area contributed by atoms with Crippen LogP contribution in [0.4, 0.5) is 0 Å². The van der Waals surface area contributed by atoms with Crippen LogP contribution in [0.5, 0.6) is 11.5 Å². The lowest BCUT2D eigenvalue weighted by atomic mass is 10.1. The molecular weight excluding hydrogens is 380 g/mol. The summed E-state index contributed by atoms with van der Waals surface area (Å²) in [6.07, 6.45) is -0.604. The number of likely N-dealkylation sites (N-methyl/N-ethyl adjacent to an activating group) is 1. The van der Waals surface area contributed by atoms with Gasteiger partial charge in [-0.3, -0.25) is 4.90 Å². The lowest BCUT2D eigenvalue weighted by Crippen LogP contribution is -2.36. The maximum Gasteiger partial charge on any atom is 0.161 e. The number of aliphatic hydroxyl groups is 1. The first-order chi connectivity index (χ1) is 14.3. The molecule has 0 aromatic heterocycles. The molecule has 2 rings (SSSR count). The van der Waals surface area contributed by atoms with Gasteiger partial charge in [0.1, 0.15) is 12.7 Å². The Labute approximate surface area is 180 Å². The molecule has 0 heterocycles. The van der Waals surface area contributed by atoms with Crippen molar-refractivity contribution in [2.75, 3.05) is 41.0 Å². The van der Waals surface area contributed by atoms with E-state index in [1.807, 2.05) is 57.3 Å². The van der Waals surface area contributed by atoms with Crippen molar-refractivity contribution >= 4 is 0 Å². The molecule has 6 nitrogen and oxygen atoms in total. The molecule has 0 unspecified atom stereocenters. The lowest BCUT2D eigenvalue weighted by Gasteiger charge is -2.23. The van der Waals surface area contributed by atoms with E-state index in [-0.39, 0.29) is 12.2 Å². The van der Waals surface area contributed by atoms with Gasteiger partial charge in [-0.1, -0.05) is 36.4 Å². The van der Waals surface area contributed by atoms with Crippen molar-refractivity contribution in [3.05, 3.63) is 59.7 Å². The number of methoxy groups -OCH3 is 2. The first kappa shape index (κ1) is 24.2. The lowest BCUT2D eigenvalue weighted by molar-refractivity contribution is 0.0230. The zero-order chi connectivity index (χ0) is 22.0. The minimum absolute atomic E-state index is 0.197. The predicted molar refractivity (Wildman–Crippen MR) is 120 cm³/mol. The van der Waals surface area contributed by atoms with Crippen molar-refractivity contribution in [2.45, 2.75) is 38.6 Å². The molecule has 0 bridgehead atoms. The zero-order valence-corrected chi connectivity index (χ0v) is 18.9. The molecule has 2 N–H and O–H groups in total. The first-order valence-electron chi connectivity index (χ1n) is 10.3. The number of nitrogens with zero attached hydrogens (tertiary/aromatic N) is 1. The maximum atomic E-state index is 10.4. The van der Waals surface area contributed by atoms with Crippen LogP contribution in [0.2, 0.25) is 0 Å². The highest BCUT2D eigenvalue weighted by molar-refractivity contribution is 5.43. The van der Waals surface area contributed by atoms with Gasteiger partial charge in [-0.2, -0.15) is 0 Å². The Morgan fingerprint density at radius 2 is 1.77 bits per heavy atom. The molecule has 0 fully saturated rings. The van der Waals surface area contributed by atoms with Gasteiger partial charge in [-0.25, -0.2) is 0 Å². The molecule has 2 aromatic rings. The Hall–Kier alpha value is -2.12. The largest absolute Gasteiger partial charge is 0.493 e. The molecule has 166 valence electrons. The third kappa shape index (κ3) is 8.32. The summed E-state index contributed by atoms with van der Waals surface area (Å²) in [7, 11) is 5.32. The smallest absolute Gasteiger partial charge is 0.161 e. The summed E-state index contributed by atoms with van der Waals surface area (Å²) < 4.78 is 16.7. The van der Waals surface area contributed by atoms with Crippen LogP contribution < -0.4 is 14.8 Å². The summed E-state index contributed by atoms with van der Waals surface area (Å²) in [6.45, 7) is 7.00. The minimum Gasteiger partial charge on any atom is -0.493 e. The maximum absolute atomic E-state index is 10.4. The third-order valence-corrected chi connectivity index (χ3v) is 4.91. The van der Waals surface area contributed by atoms with Gasteiger partial charge in [-0.15, -0.1) is 0 Å². The number of benzene rings is 2. The molecule has 30 heavy (non-hydrogen) atoms. The van der Waals surface area contributed by atoms with Gasteiger partial charge in [0, 0.05) is 33.3 Å². The van der Waals surface area contributed by atoms with Crippen LogP contribution in [0, 0.1) is 0 Å². The topological polar surface area (TPSA) is 63.2 Å². The van der Waals surface area contributed by atoms with Gasteiger partial charge in [0.25, 0.3) is 0 Å². The molecule has 0 aliphatic carbocycles. The van der Waals surface area contributed by atoms with Crippen LogP contribution in [-0.4, -0.2) is 62.7 Å². The average Bonchev–Trinajstić information content (AvgIpc) is 2.73. The van der Waals surface area contributed by atoms with E-state index >= 15 is 0 Å². The van der Waals surface area contributed by atoms with Gasteiger partial charge in [0.15, 0.2) is 11.5 Å². The molecule has 0 saturated heterocycles. The van der Waals surface area contributed by atoms with Crippen LogP contribution in [0.25, 0.3) is 0 Å². The van der Waals surface area contributed by atoms with Crippen LogP contribution in [0.1, 0.15) is 25.0 Å². The highest BCUT2D eigenvalue weighted by Gasteiger charge is 2.16. The summed E-state index contributed by atoms with van der Waals surface area (Å²) in [5.41, 5.74) is 2.07. The standard InChI is InChI=1S/C24H36N2O4/c1-24(2,29-5)18-25-14-20-11-12-22(28-4)23(13-20)30-17-21(27)16-26(3)15-19-9-7-6-8-10-19/h6-13,21,25,27H,14-18H2,1-5H3/t21-/m1/s1. The van der Waals surface area contributed by atoms with Gasteiger partial charge in [-0.05, 0) is 44.2 Å². The summed E-state index contributed by atoms with van der Waals surface area (Å²) in [5.74, 6) is 1.29. The summed E-state index contributed by atoms with van der Waals surface area (Å²) in [6, 6.07) is 16.0. The highest BCUT2D eigenvalue weighted by atomic mass is 16.5.